The summed E-state index contributed by atoms with van der Waals surface area (Å²) in [6, 6.07) is 11.3. The van der Waals surface area contributed by atoms with Gasteiger partial charge in [-0.3, -0.25) is 4.79 Å². The van der Waals surface area contributed by atoms with Gasteiger partial charge in [-0.2, -0.15) is 0 Å². The van der Waals surface area contributed by atoms with Crippen LogP contribution in [0.5, 0.6) is 5.75 Å². The monoisotopic (exact) mass is 273 g/mol. The number of phenolic OH excluding ortho intramolecular Hbond substituents is 1. The van der Waals surface area contributed by atoms with Crippen molar-refractivity contribution in [2.24, 2.45) is 0 Å². The summed E-state index contributed by atoms with van der Waals surface area (Å²) in [5.74, 6) is -0.622. The number of aromatic hydroxyl groups is 1. The van der Waals surface area contributed by atoms with Gasteiger partial charge < -0.3 is 10.4 Å². The Balaban J connectivity index is 1.94. The van der Waals surface area contributed by atoms with Crippen molar-refractivity contribution in [3.8, 4) is 5.75 Å². The van der Waals surface area contributed by atoms with Crippen LogP contribution in [0.1, 0.15) is 21.5 Å². The Hall–Kier alpha value is -2.36. The average Bonchev–Trinajstić information content (AvgIpc) is 2.42. The van der Waals surface area contributed by atoms with E-state index in [-0.39, 0.29) is 23.0 Å². The first-order chi connectivity index (χ1) is 9.58. The predicted molar refractivity (Wildman–Crippen MR) is 75.3 cm³/mol. The lowest BCUT2D eigenvalue weighted by Crippen LogP contribution is -2.25. The van der Waals surface area contributed by atoms with Crippen LogP contribution in [0, 0.1) is 12.7 Å². The number of hydrogen-bond acceptors (Lipinski definition) is 2. The SMILES string of the molecule is Cc1cccc(C(=O)NCCc2cccc(F)c2)c1O. The summed E-state index contributed by atoms with van der Waals surface area (Å²) in [4.78, 5) is 11.9. The smallest absolute Gasteiger partial charge is 0.255 e. The number of halogens is 1. The molecule has 0 aliphatic rings. The van der Waals surface area contributed by atoms with Crippen molar-refractivity contribution in [3.05, 3.63) is 65.0 Å². The van der Waals surface area contributed by atoms with Gasteiger partial charge in [0.2, 0.25) is 0 Å². The molecule has 0 aromatic heterocycles. The second-order valence-electron chi connectivity index (χ2n) is 4.61. The average molecular weight is 273 g/mol. The fourth-order valence-corrected chi connectivity index (χ4v) is 1.95. The van der Waals surface area contributed by atoms with Gasteiger partial charge in [-0.25, -0.2) is 4.39 Å². The van der Waals surface area contributed by atoms with Crippen LogP contribution in [0.3, 0.4) is 0 Å². The van der Waals surface area contributed by atoms with E-state index in [0.717, 1.165) is 5.56 Å². The molecule has 0 spiro atoms. The lowest BCUT2D eigenvalue weighted by atomic mass is 10.1. The van der Waals surface area contributed by atoms with Crippen molar-refractivity contribution >= 4 is 5.91 Å². The van der Waals surface area contributed by atoms with E-state index in [1.807, 2.05) is 0 Å². The van der Waals surface area contributed by atoms with E-state index in [1.54, 1.807) is 37.3 Å². The molecule has 2 aromatic carbocycles. The molecule has 3 nitrogen and oxygen atoms in total. The molecule has 0 aliphatic heterocycles. The molecule has 4 heteroatoms. The molecular formula is C16H16FNO2. The van der Waals surface area contributed by atoms with Gasteiger partial charge in [0.05, 0.1) is 5.56 Å². The van der Waals surface area contributed by atoms with Crippen molar-refractivity contribution in [1.29, 1.82) is 0 Å². The zero-order valence-corrected chi connectivity index (χ0v) is 11.2. The van der Waals surface area contributed by atoms with Crippen molar-refractivity contribution in [2.75, 3.05) is 6.54 Å². The van der Waals surface area contributed by atoms with Crippen LogP contribution in [0.2, 0.25) is 0 Å². The number of phenols is 1. The molecule has 0 unspecified atom stereocenters. The number of carbonyl (C=O) groups excluding carboxylic acids is 1. The van der Waals surface area contributed by atoms with Crippen molar-refractivity contribution in [3.63, 3.8) is 0 Å². The highest BCUT2D eigenvalue weighted by molar-refractivity contribution is 5.97. The third-order valence-electron chi connectivity index (χ3n) is 3.07. The number of nitrogens with one attached hydrogen (secondary N) is 1. The van der Waals surface area contributed by atoms with E-state index >= 15 is 0 Å². The standard InChI is InChI=1S/C16H16FNO2/c1-11-4-2-7-14(15(11)19)16(20)18-9-8-12-5-3-6-13(17)10-12/h2-7,10,19H,8-9H2,1H3,(H,18,20). The second kappa shape index (κ2) is 6.19. The summed E-state index contributed by atoms with van der Waals surface area (Å²) in [7, 11) is 0. The van der Waals surface area contributed by atoms with Crippen LogP contribution in [-0.4, -0.2) is 17.6 Å². The first-order valence-electron chi connectivity index (χ1n) is 6.39. The van der Waals surface area contributed by atoms with Gasteiger partial charge in [-0.05, 0) is 42.7 Å². The summed E-state index contributed by atoms with van der Waals surface area (Å²) in [6.07, 6.45) is 0.538. The number of amides is 1. The normalized spacial score (nSPS) is 10.3. The summed E-state index contributed by atoms with van der Waals surface area (Å²) in [5, 5.41) is 12.5. The van der Waals surface area contributed by atoms with E-state index in [4.69, 9.17) is 0 Å². The predicted octanol–water partition coefficient (Wildman–Crippen LogP) is 2.81. The molecule has 20 heavy (non-hydrogen) atoms. The summed E-state index contributed by atoms with van der Waals surface area (Å²) in [5.41, 5.74) is 1.73. The topological polar surface area (TPSA) is 49.3 Å². The van der Waals surface area contributed by atoms with Gasteiger partial charge in [0.25, 0.3) is 5.91 Å². The molecule has 2 rings (SSSR count). The molecule has 0 radical (unpaired) electrons. The van der Waals surface area contributed by atoms with Gasteiger partial charge in [-0.1, -0.05) is 24.3 Å². The third-order valence-corrected chi connectivity index (χ3v) is 3.07. The first-order valence-corrected chi connectivity index (χ1v) is 6.39. The molecule has 0 fully saturated rings. The van der Waals surface area contributed by atoms with Gasteiger partial charge in [-0.15, -0.1) is 0 Å². The summed E-state index contributed by atoms with van der Waals surface area (Å²) in [6.45, 7) is 2.12. The summed E-state index contributed by atoms with van der Waals surface area (Å²) < 4.78 is 13.0. The number of para-hydroxylation sites is 1. The lowest BCUT2D eigenvalue weighted by molar-refractivity contribution is 0.0951. The Morgan fingerprint density at radius 1 is 1.25 bits per heavy atom. The fraction of sp³-hybridized carbons (Fsp3) is 0.188. The third kappa shape index (κ3) is 3.35. The fourth-order valence-electron chi connectivity index (χ4n) is 1.95. The maximum Gasteiger partial charge on any atom is 0.255 e. The van der Waals surface area contributed by atoms with E-state index < -0.39 is 0 Å². The minimum Gasteiger partial charge on any atom is -0.507 e. The minimum atomic E-state index is -0.331. The molecule has 0 atom stereocenters. The molecule has 0 saturated heterocycles. The van der Waals surface area contributed by atoms with Gasteiger partial charge in [0.1, 0.15) is 11.6 Å². The second-order valence-corrected chi connectivity index (χ2v) is 4.61. The lowest BCUT2D eigenvalue weighted by Gasteiger charge is -2.08. The first kappa shape index (κ1) is 14.1. The Bertz CT molecular complexity index is 626. The number of rotatable bonds is 4. The Morgan fingerprint density at radius 2 is 2.00 bits per heavy atom. The molecule has 104 valence electrons. The number of aryl methyl sites for hydroxylation is 1. The zero-order valence-electron chi connectivity index (χ0n) is 11.2. The Kier molecular flexibility index (Phi) is 4.35. The maximum absolute atomic E-state index is 13.0. The van der Waals surface area contributed by atoms with Gasteiger partial charge >= 0.3 is 0 Å². The van der Waals surface area contributed by atoms with Crippen LogP contribution >= 0.6 is 0 Å². The highest BCUT2D eigenvalue weighted by Gasteiger charge is 2.11. The highest BCUT2D eigenvalue weighted by Crippen LogP contribution is 2.20. The van der Waals surface area contributed by atoms with Crippen LogP contribution < -0.4 is 5.32 Å². The largest absolute Gasteiger partial charge is 0.507 e. The number of hydrogen-bond donors (Lipinski definition) is 2. The number of benzene rings is 2. The van der Waals surface area contributed by atoms with Crippen molar-refractivity contribution < 1.29 is 14.3 Å². The molecule has 2 N–H and O–H groups in total. The molecule has 0 aliphatic carbocycles. The van der Waals surface area contributed by atoms with Gasteiger partial charge in [0.15, 0.2) is 0 Å². The maximum atomic E-state index is 13.0. The Morgan fingerprint density at radius 3 is 2.75 bits per heavy atom. The molecular weight excluding hydrogens is 257 g/mol. The quantitative estimate of drug-likeness (QED) is 0.900. The number of carbonyl (C=O) groups is 1. The summed E-state index contributed by atoms with van der Waals surface area (Å²) >= 11 is 0. The van der Waals surface area contributed by atoms with Crippen molar-refractivity contribution in [2.45, 2.75) is 13.3 Å². The zero-order chi connectivity index (χ0) is 14.5. The van der Waals surface area contributed by atoms with E-state index in [2.05, 4.69) is 5.32 Å². The van der Waals surface area contributed by atoms with E-state index in [0.29, 0.717) is 18.5 Å². The van der Waals surface area contributed by atoms with Crippen LogP contribution in [0.15, 0.2) is 42.5 Å². The van der Waals surface area contributed by atoms with E-state index in [1.165, 1.54) is 12.1 Å². The molecule has 2 aromatic rings. The van der Waals surface area contributed by atoms with Crippen molar-refractivity contribution in [1.82, 2.24) is 5.32 Å². The van der Waals surface area contributed by atoms with Gasteiger partial charge in [0, 0.05) is 6.54 Å². The highest BCUT2D eigenvalue weighted by atomic mass is 19.1. The minimum absolute atomic E-state index is 0.00393. The van der Waals surface area contributed by atoms with Crippen LogP contribution in [0.4, 0.5) is 4.39 Å². The van der Waals surface area contributed by atoms with Crippen LogP contribution in [-0.2, 0) is 6.42 Å². The molecule has 1 amide bonds. The molecule has 0 bridgehead atoms. The van der Waals surface area contributed by atoms with E-state index in [9.17, 15) is 14.3 Å². The molecule has 0 saturated carbocycles. The van der Waals surface area contributed by atoms with Crippen LogP contribution in [0.25, 0.3) is 0 Å². The molecule has 0 heterocycles. The Labute approximate surface area is 117 Å².